The Morgan fingerprint density at radius 3 is 2.68 bits per heavy atom. The molecular weight excluding hydrogens is 448 g/mol. The van der Waals surface area contributed by atoms with Crippen LogP contribution >= 0.6 is 11.6 Å². The zero-order valence-corrected chi connectivity index (χ0v) is 19.3. The van der Waals surface area contributed by atoms with Gasteiger partial charge < -0.3 is 9.47 Å². The van der Waals surface area contributed by atoms with E-state index in [9.17, 15) is 4.79 Å². The summed E-state index contributed by atoms with van der Waals surface area (Å²) >= 11 is 6.08. The third-order valence-corrected chi connectivity index (χ3v) is 5.74. The van der Waals surface area contributed by atoms with Crippen LogP contribution in [0.3, 0.4) is 0 Å². The zero-order valence-electron chi connectivity index (χ0n) is 18.5. The molecule has 5 nitrogen and oxygen atoms in total. The van der Waals surface area contributed by atoms with Gasteiger partial charge in [0.05, 0.1) is 11.3 Å². The van der Waals surface area contributed by atoms with Gasteiger partial charge in [0.2, 0.25) is 5.78 Å². The second-order valence-electron chi connectivity index (χ2n) is 7.87. The van der Waals surface area contributed by atoms with Crippen LogP contribution in [0.15, 0.2) is 91.3 Å². The first kappa shape index (κ1) is 21.7. The summed E-state index contributed by atoms with van der Waals surface area (Å²) in [5.41, 5.74) is 4.77. The van der Waals surface area contributed by atoms with Crippen LogP contribution in [0.25, 0.3) is 23.0 Å². The van der Waals surface area contributed by atoms with Gasteiger partial charge in [0.25, 0.3) is 0 Å². The average Bonchev–Trinajstić information content (AvgIpc) is 3.40. The van der Waals surface area contributed by atoms with E-state index >= 15 is 0 Å². The molecule has 3 aromatic carbocycles. The summed E-state index contributed by atoms with van der Waals surface area (Å²) in [5.74, 6) is 1.28. The summed E-state index contributed by atoms with van der Waals surface area (Å²) in [4.78, 5) is 13.0. The van der Waals surface area contributed by atoms with Crippen LogP contribution in [-0.4, -0.2) is 22.2 Å². The first-order chi connectivity index (χ1) is 16.5. The van der Waals surface area contributed by atoms with Crippen molar-refractivity contribution in [3.8, 4) is 28.4 Å². The predicted molar refractivity (Wildman–Crippen MR) is 134 cm³/mol. The maximum absolute atomic E-state index is 13.0. The zero-order chi connectivity index (χ0) is 23.7. The van der Waals surface area contributed by atoms with Crippen molar-refractivity contribution in [2.75, 3.05) is 6.61 Å². The lowest BCUT2D eigenvalue weighted by Gasteiger charge is -2.09. The molecule has 34 heavy (non-hydrogen) atoms. The number of benzene rings is 3. The molecule has 0 unspecified atom stereocenters. The predicted octanol–water partition coefficient (Wildman–Crippen LogP) is 6.68. The minimum Gasteiger partial charge on any atom is -0.490 e. The van der Waals surface area contributed by atoms with E-state index in [-0.39, 0.29) is 11.5 Å². The highest BCUT2D eigenvalue weighted by molar-refractivity contribution is 6.31. The van der Waals surface area contributed by atoms with Crippen LogP contribution in [0.1, 0.15) is 21.5 Å². The molecule has 6 heteroatoms. The molecule has 0 fully saturated rings. The Labute approximate surface area is 202 Å². The fourth-order valence-electron chi connectivity index (χ4n) is 3.86. The SMILES string of the molecule is C=CCOc1ccc(-c2nn(-c3ccccc3)cc2/C=C2\Oc3ccc(Cl)cc3C2=O)c(C)c1. The van der Waals surface area contributed by atoms with E-state index in [1.54, 1.807) is 35.0 Å². The number of Topliss-reactive ketones (excluding diaryl/α,β-unsaturated/α-hetero) is 1. The maximum Gasteiger partial charge on any atom is 0.232 e. The fraction of sp³-hybridized carbons (Fsp3) is 0.0714. The fourth-order valence-corrected chi connectivity index (χ4v) is 4.04. The molecule has 0 saturated carbocycles. The number of ketones is 1. The van der Waals surface area contributed by atoms with Gasteiger partial charge in [-0.25, -0.2) is 4.68 Å². The number of aryl methyl sites for hydroxylation is 1. The lowest BCUT2D eigenvalue weighted by Crippen LogP contribution is -1.98. The molecule has 168 valence electrons. The first-order valence-corrected chi connectivity index (χ1v) is 11.1. The van der Waals surface area contributed by atoms with Gasteiger partial charge in [-0.1, -0.05) is 42.5 Å². The number of hydrogen-bond donors (Lipinski definition) is 0. The quantitative estimate of drug-likeness (QED) is 0.234. The van der Waals surface area contributed by atoms with E-state index in [0.717, 1.165) is 33.8 Å². The van der Waals surface area contributed by atoms with Gasteiger partial charge >= 0.3 is 0 Å². The third-order valence-electron chi connectivity index (χ3n) is 5.50. The Morgan fingerprint density at radius 2 is 1.91 bits per heavy atom. The molecule has 0 aliphatic carbocycles. The number of nitrogens with zero attached hydrogens (tertiary/aromatic N) is 2. The van der Waals surface area contributed by atoms with Crippen LogP contribution < -0.4 is 9.47 Å². The molecule has 1 aromatic heterocycles. The summed E-state index contributed by atoms with van der Waals surface area (Å²) in [6.45, 7) is 6.13. The van der Waals surface area contributed by atoms with Gasteiger partial charge in [-0.3, -0.25) is 4.79 Å². The maximum atomic E-state index is 13.0. The molecule has 0 saturated heterocycles. The first-order valence-electron chi connectivity index (χ1n) is 10.8. The van der Waals surface area contributed by atoms with Crippen molar-refractivity contribution in [3.05, 3.63) is 113 Å². The minimum atomic E-state index is -0.208. The standard InChI is InChI=1S/C28H21ClN2O3/c1-3-13-33-22-10-11-23(18(2)14-22)27-19(17-31(30-27)21-7-5-4-6-8-21)15-26-28(32)24-16-20(29)9-12-25(24)34-26/h3-12,14-17H,1,13H2,2H3/b26-15-. The number of aromatic nitrogens is 2. The molecule has 5 rings (SSSR count). The lowest BCUT2D eigenvalue weighted by atomic mass is 10.0. The van der Waals surface area contributed by atoms with Crippen LogP contribution in [-0.2, 0) is 0 Å². The highest BCUT2D eigenvalue weighted by Crippen LogP contribution is 2.36. The van der Waals surface area contributed by atoms with Gasteiger partial charge in [-0.2, -0.15) is 5.10 Å². The molecule has 0 bridgehead atoms. The molecule has 0 N–H and O–H groups in total. The second kappa shape index (κ2) is 9.04. The number of halogens is 1. The van der Waals surface area contributed by atoms with Crippen molar-refractivity contribution >= 4 is 23.5 Å². The van der Waals surface area contributed by atoms with Gasteiger partial charge in [0, 0.05) is 22.3 Å². The van der Waals surface area contributed by atoms with E-state index < -0.39 is 0 Å². The van der Waals surface area contributed by atoms with E-state index in [1.807, 2.05) is 61.7 Å². The number of carbonyl (C=O) groups excluding carboxylic acids is 1. The number of fused-ring (bicyclic) bond motifs is 1. The number of para-hydroxylation sites is 1. The van der Waals surface area contributed by atoms with Crippen molar-refractivity contribution in [1.82, 2.24) is 9.78 Å². The van der Waals surface area contributed by atoms with Crippen LogP contribution in [0.5, 0.6) is 11.5 Å². The van der Waals surface area contributed by atoms with Gasteiger partial charge in [-0.05, 0) is 67.1 Å². The smallest absolute Gasteiger partial charge is 0.232 e. The van der Waals surface area contributed by atoms with E-state index in [2.05, 4.69) is 6.58 Å². The summed E-state index contributed by atoms with van der Waals surface area (Å²) in [5, 5.41) is 5.35. The van der Waals surface area contributed by atoms with Crippen molar-refractivity contribution in [2.24, 2.45) is 0 Å². The Balaban J connectivity index is 1.60. The minimum absolute atomic E-state index is 0.208. The van der Waals surface area contributed by atoms with Crippen LogP contribution in [0.2, 0.25) is 5.02 Å². The van der Waals surface area contributed by atoms with Crippen molar-refractivity contribution in [3.63, 3.8) is 0 Å². The molecule has 0 atom stereocenters. The monoisotopic (exact) mass is 468 g/mol. The second-order valence-corrected chi connectivity index (χ2v) is 8.31. The Bertz CT molecular complexity index is 1440. The van der Waals surface area contributed by atoms with Gasteiger partial charge in [-0.15, -0.1) is 0 Å². The third kappa shape index (κ3) is 4.14. The number of allylic oxidation sites excluding steroid dienone is 1. The van der Waals surface area contributed by atoms with Crippen molar-refractivity contribution in [1.29, 1.82) is 0 Å². The van der Waals surface area contributed by atoms with E-state index in [0.29, 0.717) is 22.9 Å². The van der Waals surface area contributed by atoms with Crippen LogP contribution in [0, 0.1) is 6.92 Å². The van der Waals surface area contributed by atoms with Crippen molar-refractivity contribution < 1.29 is 14.3 Å². The summed E-state index contributed by atoms with van der Waals surface area (Å²) in [7, 11) is 0. The summed E-state index contributed by atoms with van der Waals surface area (Å²) in [6.07, 6.45) is 5.34. The van der Waals surface area contributed by atoms with E-state index in [1.165, 1.54) is 0 Å². The van der Waals surface area contributed by atoms with Crippen LogP contribution in [0.4, 0.5) is 0 Å². The molecule has 1 aliphatic heterocycles. The lowest BCUT2D eigenvalue weighted by molar-refractivity contribution is 0.101. The molecule has 4 aromatic rings. The van der Waals surface area contributed by atoms with Crippen molar-refractivity contribution in [2.45, 2.75) is 6.92 Å². The molecule has 0 amide bonds. The largest absolute Gasteiger partial charge is 0.490 e. The Morgan fingerprint density at radius 1 is 1.09 bits per heavy atom. The molecule has 0 spiro atoms. The number of carbonyl (C=O) groups is 1. The highest BCUT2D eigenvalue weighted by Gasteiger charge is 2.28. The molecule has 0 radical (unpaired) electrons. The molecule has 1 aliphatic rings. The number of ether oxygens (including phenoxy) is 2. The van der Waals surface area contributed by atoms with E-state index in [4.69, 9.17) is 26.2 Å². The number of hydrogen-bond acceptors (Lipinski definition) is 4. The summed E-state index contributed by atoms with van der Waals surface area (Å²) in [6, 6.07) is 20.7. The van der Waals surface area contributed by atoms with Gasteiger partial charge in [0.1, 0.15) is 23.8 Å². The molecule has 2 heterocycles. The summed E-state index contributed by atoms with van der Waals surface area (Å²) < 4.78 is 13.3. The normalized spacial score (nSPS) is 13.6. The highest BCUT2D eigenvalue weighted by atomic mass is 35.5. The molecular formula is C28H21ClN2O3. The average molecular weight is 469 g/mol. The Hall–Kier alpha value is -4.09. The van der Waals surface area contributed by atoms with Gasteiger partial charge in [0.15, 0.2) is 5.76 Å². The number of rotatable bonds is 6. The Kier molecular flexibility index (Phi) is 5.78. The topological polar surface area (TPSA) is 53.4 Å².